The molecule has 0 aliphatic carbocycles. The molecule has 0 saturated heterocycles. The highest BCUT2D eigenvalue weighted by atomic mass is 32.1. The van der Waals surface area contributed by atoms with E-state index in [9.17, 15) is 9.59 Å². The molecule has 2 aromatic heterocycles. The van der Waals surface area contributed by atoms with Gasteiger partial charge in [-0.1, -0.05) is 60.7 Å². The van der Waals surface area contributed by atoms with Crippen LogP contribution >= 0.6 is 11.3 Å². The average Bonchev–Trinajstić information content (AvgIpc) is 3.06. The SMILES string of the molecule is Cc1sc2nc(-c3ccccc3)n(CCCC(N)=O)c(=O)c2c1-c1ccccc1. The van der Waals surface area contributed by atoms with Crippen molar-refractivity contribution in [1.82, 2.24) is 9.55 Å². The van der Waals surface area contributed by atoms with Crippen molar-refractivity contribution in [3.8, 4) is 22.5 Å². The van der Waals surface area contributed by atoms with Gasteiger partial charge in [0.1, 0.15) is 10.7 Å². The molecule has 1 amide bonds. The molecule has 4 aromatic rings. The van der Waals surface area contributed by atoms with Crippen LogP contribution < -0.4 is 11.3 Å². The lowest BCUT2D eigenvalue weighted by Gasteiger charge is -2.13. The first-order chi connectivity index (χ1) is 14.1. The zero-order valence-corrected chi connectivity index (χ0v) is 16.9. The first-order valence-corrected chi connectivity index (χ1v) is 10.3. The monoisotopic (exact) mass is 403 g/mol. The van der Waals surface area contributed by atoms with E-state index < -0.39 is 0 Å². The molecule has 0 aliphatic heterocycles. The van der Waals surface area contributed by atoms with Gasteiger partial charge in [-0.05, 0) is 18.9 Å². The number of rotatable bonds is 6. The Morgan fingerprint density at radius 1 is 1.03 bits per heavy atom. The van der Waals surface area contributed by atoms with Crippen LogP contribution in [0.15, 0.2) is 65.5 Å². The maximum Gasteiger partial charge on any atom is 0.263 e. The van der Waals surface area contributed by atoms with Gasteiger partial charge >= 0.3 is 0 Å². The lowest BCUT2D eigenvalue weighted by Crippen LogP contribution is -2.24. The van der Waals surface area contributed by atoms with Crippen LogP contribution in [0.5, 0.6) is 0 Å². The van der Waals surface area contributed by atoms with Crippen LogP contribution in [0.1, 0.15) is 17.7 Å². The first kappa shape index (κ1) is 19.1. The fourth-order valence-electron chi connectivity index (χ4n) is 3.57. The number of carbonyl (C=O) groups excluding carboxylic acids is 1. The summed E-state index contributed by atoms with van der Waals surface area (Å²) < 4.78 is 1.68. The smallest absolute Gasteiger partial charge is 0.263 e. The van der Waals surface area contributed by atoms with Crippen LogP contribution in [0.3, 0.4) is 0 Å². The Morgan fingerprint density at radius 3 is 2.28 bits per heavy atom. The van der Waals surface area contributed by atoms with Gasteiger partial charge in [-0.2, -0.15) is 0 Å². The minimum atomic E-state index is -0.371. The van der Waals surface area contributed by atoms with Gasteiger partial charge in [0.15, 0.2) is 0 Å². The van der Waals surface area contributed by atoms with Crippen LogP contribution in [0.25, 0.3) is 32.7 Å². The quantitative estimate of drug-likeness (QED) is 0.519. The number of primary amides is 1. The fraction of sp³-hybridized carbons (Fsp3) is 0.174. The summed E-state index contributed by atoms with van der Waals surface area (Å²) in [6.07, 6.45) is 0.721. The number of aryl methyl sites for hydroxylation is 1. The van der Waals surface area contributed by atoms with Gasteiger partial charge in [-0.15, -0.1) is 11.3 Å². The van der Waals surface area contributed by atoms with Gasteiger partial charge in [0.25, 0.3) is 5.56 Å². The Bertz CT molecular complexity index is 1230. The van der Waals surface area contributed by atoms with Crippen LogP contribution in [-0.4, -0.2) is 15.5 Å². The molecular formula is C23H21N3O2S. The summed E-state index contributed by atoms with van der Waals surface area (Å²) in [4.78, 5) is 31.5. The second kappa shape index (κ2) is 8.01. The van der Waals surface area contributed by atoms with Gasteiger partial charge in [-0.25, -0.2) is 4.98 Å². The molecular weight excluding hydrogens is 382 g/mol. The van der Waals surface area contributed by atoms with Gasteiger partial charge < -0.3 is 5.73 Å². The Morgan fingerprint density at radius 2 is 1.66 bits per heavy atom. The standard InChI is InChI=1S/C23H21N3O2S/c1-15-19(16-9-4-2-5-10-16)20-22(29-15)25-21(17-11-6-3-7-12-17)26(23(20)28)14-8-13-18(24)27/h2-7,9-12H,8,13-14H2,1H3,(H2,24,27). The molecule has 2 heterocycles. The predicted octanol–water partition coefficient (Wildman–Crippen LogP) is 4.37. The molecule has 4 rings (SSSR count). The number of benzene rings is 2. The van der Waals surface area contributed by atoms with Crippen molar-refractivity contribution in [2.45, 2.75) is 26.3 Å². The molecule has 0 fully saturated rings. The average molecular weight is 404 g/mol. The third-order valence-corrected chi connectivity index (χ3v) is 5.89. The maximum absolute atomic E-state index is 13.6. The molecule has 6 heteroatoms. The molecule has 29 heavy (non-hydrogen) atoms. The van der Waals surface area contributed by atoms with Crippen molar-refractivity contribution in [2.75, 3.05) is 0 Å². The normalized spacial score (nSPS) is 11.1. The Kier molecular flexibility index (Phi) is 5.27. The van der Waals surface area contributed by atoms with Gasteiger partial charge in [0.2, 0.25) is 5.91 Å². The van der Waals surface area contributed by atoms with E-state index in [0.29, 0.717) is 24.2 Å². The molecule has 0 saturated carbocycles. The second-order valence-electron chi connectivity index (χ2n) is 6.91. The van der Waals surface area contributed by atoms with E-state index in [-0.39, 0.29) is 17.9 Å². The number of nitrogens with two attached hydrogens (primary N) is 1. The number of hydrogen-bond donors (Lipinski definition) is 1. The summed E-state index contributed by atoms with van der Waals surface area (Å²) in [5.41, 5.74) is 8.03. The number of thiophene rings is 1. The molecule has 0 bridgehead atoms. The van der Waals surface area contributed by atoms with Gasteiger partial charge in [0.05, 0.1) is 5.39 Å². The van der Waals surface area contributed by atoms with Gasteiger partial charge in [0, 0.05) is 29.0 Å². The van der Waals surface area contributed by atoms with Crippen molar-refractivity contribution >= 4 is 27.5 Å². The molecule has 5 nitrogen and oxygen atoms in total. The van der Waals surface area contributed by atoms with Crippen molar-refractivity contribution in [2.24, 2.45) is 5.73 Å². The Balaban J connectivity index is 1.96. The summed E-state index contributed by atoms with van der Waals surface area (Å²) in [5.74, 6) is 0.248. The molecule has 0 aliphatic rings. The maximum atomic E-state index is 13.6. The van der Waals surface area contributed by atoms with Crippen LogP contribution in [-0.2, 0) is 11.3 Å². The van der Waals surface area contributed by atoms with E-state index in [2.05, 4.69) is 0 Å². The molecule has 0 spiro atoms. The van der Waals surface area contributed by atoms with E-state index in [4.69, 9.17) is 10.7 Å². The number of amides is 1. The minimum Gasteiger partial charge on any atom is -0.370 e. The van der Waals surface area contributed by atoms with E-state index >= 15 is 0 Å². The van der Waals surface area contributed by atoms with Crippen molar-refractivity contribution in [3.05, 3.63) is 75.9 Å². The highest BCUT2D eigenvalue weighted by molar-refractivity contribution is 7.19. The predicted molar refractivity (Wildman–Crippen MR) is 118 cm³/mol. The number of hydrogen-bond acceptors (Lipinski definition) is 4. The summed E-state index contributed by atoms with van der Waals surface area (Å²) in [7, 11) is 0. The van der Waals surface area contributed by atoms with E-state index in [1.165, 1.54) is 11.3 Å². The lowest BCUT2D eigenvalue weighted by molar-refractivity contribution is -0.118. The number of nitrogens with zero attached hydrogens (tertiary/aromatic N) is 2. The molecule has 2 aromatic carbocycles. The number of fused-ring (bicyclic) bond motifs is 1. The summed E-state index contributed by atoms with van der Waals surface area (Å²) >= 11 is 1.54. The third kappa shape index (κ3) is 3.71. The molecule has 0 radical (unpaired) electrons. The third-order valence-electron chi connectivity index (χ3n) is 4.89. The van der Waals surface area contributed by atoms with Crippen LogP contribution in [0, 0.1) is 6.92 Å². The first-order valence-electron chi connectivity index (χ1n) is 9.49. The molecule has 0 atom stereocenters. The summed E-state index contributed by atoms with van der Waals surface area (Å²) in [5, 5.41) is 0.637. The molecule has 2 N–H and O–H groups in total. The topological polar surface area (TPSA) is 78.0 Å². The number of aromatic nitrogens is 2. The lowest BCUT2D eigenvalue weighted by atomic mass is 10.0. The summed E-state index contributed by atoms with van der Waals surface area (Å²) in [6.45, 7) is 2.41. The van der Waals surface area contributed by atoms with Gasteiger partial charge in [-0.3, -0.25) is 14.2 Å². The Labute approximate surface area is 172 Å². The molecule has 146 valence electrons. The largest absolute Gasteiger partial charge is 0.370 e. The highest BCUT2D eigenvalue weighted by Gasteiger charge is 2.20. The van der Waals surface area contributed by atoms with Crippen molar-refractivity contribution < 1.29 is 4.79 Å². The van der Waals surface area contributed by atoms with Crippen molar-refractivity contribution in [3.63, 3.8) is 0 Å². The van der Waals surface area contributed by atoms with E-state index in [1.54, 1.807) is 4.57 Å². The van der Waals surface area contributed by atoms with E-state index in [0.717, 1.165) is 26.4 Å². The minimum absolute atomic E-state index is 0.0819. The van der Waals surface area contributed by atoms with Crippen LogP contribution in [0.4, 0.5) is 0 Å². The van der Waals surface area contributed by atoms with Crippen LogP contribution in [0.2, 0.25) is 0 Å². The molecule has 0 unspecified atom stereocenters. The summed E-state index contributed by atoms with van der Waals surface area (Å²) in [6, 6.07) is 19.6. The Hall–Kier alpha value is -3.25. The van der Waals surface area contributed by atoms with Crippen molar-refractivity contribution in [1.29, 1.82) is 0 Å². The highest BCUT2D eigenvalue weighted by Crippen LogP contribution is 2.36. The fourth-order valence-corrected chi connectivity index (χ4v) is 4.61. The number of carbonyl (C=O) groups is 1. The zero-order chi connectivity index (χ0) is 20.4. The second-order valence-corrected chi connectivity index (χ2v) is 8.11. The van der Waals surface area contributed by atoms with E-state index in [1.807, 2.05) is 67.6 Å². The zero-order valence-electron chi connectivity index (χ0n) is 16.1.